The highest BCUT2D eigenvalue weighted by Gasteiger charge is 1.99. The van der Waals surface area contributed by atoms with Crippen LogP contribution in [0.25, 0.3) is 0 Å². The van der Waals surface area contributed by atoms with Gasteiger partial charge >= 0.3 is 0 Å². The Hall–Kier alpha value is 0.657. The molecular formula is C9H22BrNSi. The van der Waals surface area contributed by atoms with E-state index in [0.29, 0.717) is 0 Å². The van der Waals surface area contributed by atoms with Crippen LogP contribution in [0.5, 0.6) is 0 Å². The topological polar surface area (TPSA) is 3.24 Å². The van der Waals surface area contributed by atoms with Gasteiger partial charge in [-0.05, 0) is 33.0 Å². The molecule has 0 aliphatic carbocycles. The second-order valence-corrected chi connectivity index (χ2v) is 8.04. The Morgan fingerprint density at radius 2 is 1.75 bits per heavy atom. The minimum atomic E-state index is -0.293. The third kappa shape index (κ3) is 8.75. The third-order valence-corrected chi connectivity index (χ3v) is 4.12. The van der Waals surface area contributed by atoms with Crippen LogP contribution in [0.2, 0.25) is 19.1 Å². The highest BCUT2D eigenvalue weighted by atomic mass is 79.9. The van der Waals surface area contributed by atoms with E-state index < -0.39 is 0 Å². The number of halogens is 1. The Bertz CT molecular complexity index is 98.5. The highest BCUT2D eigenvalue weighted by Crippen LogP contribution is 1.99. The van der Waals surface area contributed by atoms with E-state index in [0.717, 1.165) is 5.33 Å². The molecule has 0 aromatic heterocycles. The molecule has 0 saturated heterocycles. The largest absolute Gasteiger partial charge is 0.306 e. The molecule has 0 aromatic rings. The van der Waals surface area contributed by atoms with Gasteiger partial charge in [0.05, 0.1) is 0 Å². The average Bonchev–Trinajstić information content (AvgIpc) is 2.00. The van der Waals surface area contributed by atoms with E-state index in [9.17, 15) is 0 Å². The summed E-state index contributed by atoms with van der Waals surface area (Å²) < 4.78 is 0. The molecule has 0 amide bonds. The van der Waals surface area contributed by atoms with Crippen LogP contribution < -0.4 is 0 Å². The minimum Gasteiger partial charge on any atom is -0.306 e. The molecule has 3 heteroatoms. The lowest BCUT2D eigenvalue weighted by Crippen LogP contribution is -2.21. The van der Waals surface area contributed by atoms with Gasteiger partial charge in [-0.1, -0.05) is 35.1 Å². The summed E-state index contributed by atoms with van der Waals surface area (Å²) in [4.78, 5) is 2.44. The summed E-state index contributed by atoms with van der Waals surface area (Å²) in [7, 11) is 1.93. The molecular weight excluding hydrogens is 230 g/mol. The second-order valence-electron chi connectivity index (χ2n) is 3.88. The first-order valence-corrected chi connectivity index (χ1v) is 9.16. The molecule has 0 atom stereocenters. The molecule has 0 N–H and O–H groups in total. The smallest absolute Gasteiger partial charge is 0.0306 e. The van der Waals surface area contributed by atoms with Crippen molar-refractivity contribution in [1.29, 1.82) is 0 Å². The Morgan fingerprint density at radius 1 is 1.17 bits per heavy atom. The van der Waals surface area contributed by atoms with Gasteiger partial charge in [0.1, 0.15) is 0 Å². The van der Waals surface area contributed by atoms with E-state index in [1.54, 1.807) is 0 Å². The third-order valence-electron chi connectivity index (χ3n) is 1.99. The maximum Gasteiger partial charge on any atom is 0.0306 e. The minimum absolute atomic E-state index is 0.293. The van der Waals surface area contributed by atoms with Crippen LogP contribution in [-0.4, -0.2) is 39.2 Å². The first kappa shape index (κ1) is 12.7. The van der Waals surface area contributed by atoms with Gasteiger partial charge in [0, 0.05) is 14.1 Å². The molecule has 0 aliphatic heterocycles. The molecule has 0 aromatic carbocycles. The van der Waals surface area contributed by atoms with Gasteiger partial charge in [-0.15, -0.1) is 0 Å². The van der Waals surface area contributed by atoms with Crippen molar-refractivity contribution in [3.05, 3.63) is 0 Å². The standard InChI is InChI=1S/C9H22BrNSi/c1-11(7-4-6-10)8-5-9-12(2)3/h12H,4-9H2,1-3H3. The predicted molar refractivity (Wildman–Crippen MR) is 64.2 cm³/mol. The summed E-state index contributed by atoms with van der Waals surface area (Å²) >= 11 is 3.45. The van der Waals surface area contributed by atoms with Gasteiger partial charge < -0.3 is 4.90 Å². The van der Waals surface area contributed by atoms with E-state index >= 15 is 0 Å². The molecule has 0 saturated carbocycles. The van der Waals surface area contributed by atoms with Crippen LogP contribution in [0, 0.1) is 0 Å². The fraction of sp³-hybridized carbons (Fsp3) is 1.00. The van der Waals surface area contributed by atoms with Gasteiger partial charge in [-0.3, -0.25) is 0 Å². The SMILES string of the molecule is CN(CCCBr)CCC[SiH](C)C. The maximum atomic E-state index is 3.45. The van der Waals surface area contributed by atoms with Crippen molar-refractivity contribution in [1.82, 2.24) is 4.90 Å². The van der Waals surface area contributed by atoms with Crippen LogP contribution in [0.3, 0.4) is 0 Å². The van der Waals surface area contributed by atoms with Crippen molar-refractivity contribution < 1.29 is 0 Å². The molecule has 0 bridgehead atoms. The molecule has 0 rings (SSSR count). The maximum absolute atomic E-state index is 3.45. The molecule has 12 heavy (non-hydrogen) atoms. The number of hydrogen-bond donors (Lipinski definition) is 0. The van der Waals surface area contributed by atoms with Crippen molar-refractivity contribution in [2.24, 2.45) is 0 Å². The summed E-state index contributed by atoms with van der Waals surface area (Å²) in [6.07, 6.45) is 2.68. The van der Waals surface area contributed by atoms with E-state index in [1.165, 1.54) is 32.0 Å². The fourth-order valence-electron chi connectivity index (χ4n) is 1.21. The van der Waals surface area contributed by atoms with Gasteiger partial charge in [-0.25, -0.2) is 0 Å². The number of alkyl halides is 1. The average molecular weight is 252 g/mol. The van der Waals surface area contributed by atoms with Gasteiger partial charge in [-0.2, -0.15) is 0 Å². The number of rotatable bonds is 7. The molecule has 0 unspecified atom stereocenters. The zero-order valence-electron chi connectivity index (χ0n) is 8.65. The van der Waals surface area contributed by atoms with Crippen LogP contribution in [0.4, 0.5) is 0 Å². The summed E-state index contributed by atoms with van der Waals surface area (Å²) in [5, 5.41) is 1.14. The molecule has 1 nitrogen and oxygen atoms in total. The van der Waals surface area contributed by atoms with Gasteiger partial charge in [0.2, 0.25) is 0 Å². The van der Waals surface area contributed by atoms with Crippen molar-refractivity contribution in [3.8, 4) is 0 Å². The lowest BCUT2D eigenvalue weighted by atomic mass is 10.4. The zero-order valence-corrected chi connectivity index (χ0v) is 11.4. The molecule has 0 spiro atoms. The van der Waals surface area contributed by atoms with Crippen molar-refractivity contribution in [3.63, 3.8) is 0 Å². The summed E-state index contributed by atoms with van der Waals surface area (Å²) in [6.45, 7) is 7.39. The number of nitrogens with zero attached hydrogens (tertiary/aromatic N) is 1. The molecule has 0 aliphatic rings. The monoisotopic (exact) mass is 251 g/mol. The predicted octanol–water partition coefficient (Wildman–Crippen LogP) is 2.58. The van der Waals surface area contributed by atoms with E-state index in [2.05, 4.69) is 41.0 Å². The van der Waals surface area contributed by atoms with E-state index in [4.69, 9.17) is 0 Å². The molecule has 0 heterocycles. The van der Waals surface area contributed by atoms with Gasteiger partial charge in [0.15, 0.2) is 0 Å². The van der Waals surface area contributed by atoms with Crippen LogP contribution in [0.1, 0.15) is 12.8 Å². The zero-order chi connectivity index (χ0) is 9.40. The van der Waals surface area contributed by atoms with Crippen molar-refractivity contribution >= 4 is 24.7 Å². The van der Waals surface area contributed by atoms with Crippen molar-refractivity contribution in [2.75, 3.05) is 25.5 Å². The Morgan fingerprint density at radius 3 is 2.25 bits per heavy atom. The van der Waals surface area contributed by atoms with Crippen molar-refractivity contribution in [2.45, 2.75) is 32.0 Å². The molecule has 0 fully saturated rings. The van der Waals surface area contributed by atoms with Crippen LogP contribution in [-0.2, 0) is 0 Å². The summed E-state index contributed by atoms with van der Waals surface area (Å²) in [6, 6.07) is 1.50. The molecule has 74 valence electrons. The number of hydrogen-bond acceptors (Lipinski definition) is 1. The Kier molecular flexibility index (Phi) is 8.72. The Balaban J connectivity index is 3.13. The fourth-order valence-corrected chi connectivity index (χ4v) is 2.46. The lowest BCUT2D eigenvalue weighted by molar-refractivity contribution is 0.336. The normalized spacial score (nSPS) is 11.5. The first-order chi connectivity index (χ1) is 5.66. The summed E-state index contributed by atoms with van der Waals surface area (Å²) in [5.41, 5.74) is 0. The van der Waals surface area contributed by atoms with E-state index in [1.807, 2.05) is 0 Å². The van der Waals surface area contributed by atoms with E-state index in [-0.39, 0.29) is 8.80 Å². The molecule has 0 radical (unpaired) electrons. The first-order valence-electron chi connectivity index (χ1n) is 4.91. The van der Waals surface area contributed by atoms with Crippen LogP contribution >= 0.6 is 15.9 Å². The van der Waals surface area contributed by atoms with Gasteiger partial charge in [0.25, 0.3) is 0 Å². The quantitative estimate of drug-likeness (QED) is 0.497. The Labute approximate surface area is 87.3 Å². The highest BCUT2D eigenvalue weighted by molar-refractivity contribution is 9.09. The van der Waals surface area contributed by atoms with Crippen LogP contribution in [0.15, 0.2) is 0 Å². The second kappa shape index (κ2) is 8.26. The summed E-state index contributed by atoms with van der Waals surface area (Å²) in [5.74, 6) is 0. The lowest BCUT2D eigenvalue weighted by Gasteiger charge is -2.15.